The minimum atomic E-state index is -1.02. The zero-order valence-electron chi connectivity index (χ0n) is 24.3. The number of amides is 1. The van der Waals surface area contributed by atoms with Crippen molar-refractivity contribution in [2.45, 2.75) is 25.8 Å². The fraction of sp³-hybridized carbons (Fsp3) is 0.176. The molecule has 40 heavy (non-hydrogen) atoms. The van der Waals surface area contributed by atoms with Crippen molar-refractivity contribution in [3.8, 4) is 11.1 Å². The molecule has 1 atom stereocenters. The van der Waals surface area contributed by atoms with Crippen LogP contribution in [0.1, 0.15) is 46.0 Å². The number of carbonyl (C=O) groups is 2. The smallest absolute Gasteiger partial charge is 1.00 e. The largest absolute Gasteiger partial charge is 1.00 e. The van der Waals surface area contributed by atoms with E-state index >= 15 is 0 Å². The molecule has 0 saturated heterocycles. The third-order valence-corrected chi connectivity index (χ3v) is 7.33. The molecule has 4 aromatic carbocycles. The van der Waals surface area contributed by atoms with Crippen LogP contribution in [0.4, 0.5) is 0 Å². The van der Waals surface area contributed by atoms with E-state index in [0.29, 0.717) is 17.7 Å². The summed E-state index contributed by atoms with van der Waals surface area (Å²) in [5, 5.41) is 12.4. The molecule has 0 aliphatic heterocycles. The Morgan fingerprint density at radius 3 is 2.33 bits per heavy atom. The molecule has 0 spiro atoms. The summed E-state index contributed by atoms with van der Waals surface area (Å²) in [6.45, 7) is 2.01. The predicted molar refractivity (Wildman–Crippen MR) is 164 cm³/mol. The third-order valence-electron chi connectivity index (χ3n) is 6.69. The van der Waals surface area contributed by atoms with E-state index in [-0.39, 0.29) is 26.2 Å². The van der Waals surface area contributed by atoms with Gasteiger partial charge in [0.1, 0.15) is 6.04 Å². The fourth-order valence-electron chi connectivity index (χ4n) is 4.55. The second-order valence-electron chi connectivity index (χ2n) is 9.46. The second kappa shape index (κ2) is 15.3. The monoisotopic (exact) mass is 543 g/mol. The van der Waals surface area contributed by atoms with Crippen LogP contribution in [0.25, 0.3) is 23.3 Å². The quantitative estimate of drug-likeness (QED) is 0.216. The summed E-state index contributed by atoms with van der Waals surface area (Å²) in [5.41, 5.74) is 7.81. The van der Waals surface area contributed by atoms with Gasteiger partial charge in [0.25, 0.3) is 5.91 Å². The van der Waals surface area contributed by atoms with E-state index in [1.165, 1.54) is 11.1 Å². The van der Waals surface area contributed by atoms with Crippen molar-refractivity contribution in [1.29, 1.82) is 0 Å². The van der Waals surface area contributed by atoms with E-state index < -0.39 is 12.0 Å². The van der Waals surface area contributed by atoms with Gasteiger partial charge < -0.3 is 11.8 Å². The van der Waals surface area contributed by atoms with Gasteiger partial charge in [0, 0.05) is 5.56 Å². The van der Waals surface area contributed by atoms with Crippen molar-refractivity contribution in [2.24, 2.45) is 0 Å². The molecule has 0 aromatic heterocycles. The Morgan fingerprint density at radius 1 is 0.900 bits per heavy atom. The van der Waals surface area contributed by atoms with Crippen LogP contribution >= 0.6 is 11.8 Å². The Hall–Kier alpha value is -3.49. The molecule has 0 heterocycles. The number of carbonyl (C=O) groups excluding carboxylic acids is 1. The van der Waals surface area contributed by atoms with Crippen LogP contribution in [0, 0.1) is 6.92 Å². The summed E-state index contributed by atoms with van der Waals surface area (Å²) in [4.78, 5) is 25.1. The van der Waals surface area contributed by atoms with E-state index in [4.69, 9.17) is 0 Å². The van der Waals surface area contributed by atoms with Gasteiger partial charge in [-0.1, -0.05) is 97.1 Å². The SMILES string of the molecule is CSCCC(NC(=O)c1ccc(/C=C/c2ccccc2Cc2ccccc2)cc1-c1ccccc1C)C(=O)O.[H-].[Li+]. The van der Waals surface area contributed by atoms with Gasteiger partial charge >= 0.3 is 24.8 Å². The maximum atomic E-state index is 13.3. The molecular formula is C34H34LiNO3S. The van der Waals surface area contributed by atoms with Gasteiger partial charge in [0.15, 0.2) is 0 Å². The standard InChI is InChI=1S/C34H33NO3S.Li.H/c1-24-10-6-9-15-29(24)31-23-26(17-19-30(31)33(36)35-32(34(37)38)20-21-39-2)16-18-27-13-7-8-14-28(27)22-25-11-4-3-5-12-25;;/h3-19,23,32H,20-22H2,1-2H3,(H,35,36)(H,37,38);;/q;+1;-1/b18-16+;;. The van der Waals surface area contributed by atoms with Crippen molar-refractivity contribution in [3.63, 3.8) is 0 Å². The molecule has 0 bridgehead atoms. The molecule has 6 heteroatoms. The number of benzene rings is 4. The second-order valence-corrected chi connectivity index (χ2v) is 10.4. The molecule has 1 amide bonds. The molecule has 0 radical (unpaired) electrons. The summed E-state index contributed by atoms with van der Waals surface area (Å²) in [6, 6.07) is 31.4. The van der Waals surface area contributed by atoms with Gasteiger partial charge in [-0.15, -0.1) is 0 Å². The molecule has 0 aliphatic carbocycles. The Balaban J connectivity index is 0.00000294. The van der Waals surface area contributed by atoms with Gasteiger partial charge in [-0.05, 0) is 82.9 Å². The maximum Gasteiger partial charge on any atom is 1.00 e. The number of aliphatic carboxylic acids is 1. The van der Waals surface area contributed by atoms with Crippen molar-refractivity contribution in [1.82, 2.24) is 5.32 Å². The Kier molecular flexibility index (Phi) is 11.9. The van der Waals surface area contributed by atoms with E-state index in [0.717, 1.165) is 34.2 Å². The minimum Gasteiger partial charge on any atom is -1.00 e. The summed E-state index contributed by atoms with van der Waals surface area (Å²) in [6.07, 6.45) is 7.30. The number of hydrogen-bond donors (Lipinski definition) is 2. The van der Waals surface area contributed by atoms with Crippen molar-refractivity contribution >= 4 is 35.8 Å². The third kappa shape index (κ3) is 8.26. The molecule has 4 nitrogen and oxygen atoms in total. The van der Waals surface area contributed by atoms with Crippen LogP contribution in [0.15, 0.2) is 97.1 Å². The first-order valence-electron chi connectivity index (χ1n) is 13.0. The normalized spacial score (nSPS) is 11.6. The number of carboxylic acids is 1. The van der Waals surface area contributed by atoms with E-state index in [1.807, 2.05) is 61.7 Å². The molecule has 1 unspecified atom stereocenters. The van der Waals surface area contributed by atoms with Crippen LogP contribution in [0.3, 0.4) is 0 Å². The number of carboxylic acid groups (broad SMARTS) is 1. The van der Waals surface area contributed by atoms with E-state index in [1.54, 1.807) is 17.8 Å². The van der Waals surface area contributed by atoms with Crippen molar-refractivity contribution < 1.29 is 35.0 Å². The number of hydrogen-bond acceptors (Lipinski definition) is 3. The van der Waals surface area contributed by atoms with Gasteiger partial charge in [-0.2, -0.15) is 11.8 Å². The molecule has 2 N–H and O–H groups in total. The first kappa shape index (κ1) is 31.0. The van der Waals surface area contributed by atoms with Crippen LogP contribution in [-0.2, 0) is 11.2 Å². The Bertz CT molecular complexity index is 1480. The van der Waals surface area contributed by atoms with Crippen molar-refractivity contribution in [2.75, 3.05) is 12.0 Å². The van der Waals surface area contributed by atoms with Crippen LogP contribution in [-0.4, -0.2) is 35.0 Å². The Labute approximate surface area is 254 Å². The maximum absolute atomic E-state index is 13.3. The first-order valence-corrected chi connectivity index (χ1v) is 14.4. The molecule has 0 saturated carbocycles. The number of aryl methyl sites for hydroxylation is 1. The fourth-order valence-corrected chi connectivity index (χ4v) is 5.02. The molecular weight excluding hydrogens is 509 g/mol. The molecule has 200 valence electrons. The van der Waals surface area contributed by atoms with Gasteiger partial charge in [-0.25, -0.2) is 4.79 Å². The van der Waals surface area contributed by atoms with Gasteiger partial charge in [0.05, 0.1) is 0 Å². The molecule has 4 rings (SSSR count). The van der Waals surface area contributed by atoms with E-state index in [9.17, 15) is 14.7 Å². The van der Waals surface area contributed by atoms with Crippen LogP contribution in [0.5, 0.6) is 0 Å². The number of thioether (sulfide) groups is 1. The summed E-state index contributed by atoms with van der Waals surface area (Å²) in [7, 11) is 0. The molecule has 0 aliphatic rings. The topological polar surface area (TPSA) is 66.4 Å². The number of rotatable bonds is 11. The summed E-state index contributed by atoms with van der Waals surface area (Å²) < 4.78 is 0. The minimum absolute atomic E-state index is 0. The van der Waals surface area contributed by atoms with Crippen LogP contribution < -0.4 is 24.2 Å². The zero-order valence-corrected chi connectivity index (χ0v) is 24.1. The predicted octanol–water partition coefficient (Wildman–Crippen LogP) is 4.48. The average molecular weight is 544 g/mol. The first-order chi connectivity index (χ1) is 19.0. The zero-order chi connectivity index (χ0) is 27.6. The van der Waals surface area contributed by atoms with Crippen LogP contribution in [0.2, 0.25) is 0 Å². The summed E-state index contributed by atoms with van der Waals surface area (Å²) >= 11 is 1.56. The van der Waals surface area contributed by atoms with E-state index in [2.05, 4.69) is 59.9 Å². The van der Waals surface area contributed by atoms with Crippen molar-refractivity contribution in [3.05, 3.63) is 130 Å². The van der Waals surface area contributed by atoms with Gasteiger partial charge in [0.2, 0.25) is 0 Å². The Morgan fingerprint density at radius 2 is 1.60 bits per heavy atom. The van der Waals surface area contributed by atoms with Gasteiger partial charge in [-0.3, -0.25) is 4.79 Å². The molecule has 0 fully saturated rings. The molecule has 4 aromatic rings. The summed E-state index contributed by atoms with van der Waals surface area (Å²) in [5.74, 6) is -0.758. The average Bonchev–Trinajstić information content (AvgIpc) is 2.95. The number of nitrogens with one attached hydrogen (secondary N) is 1.